The van der Waals surface area contributed by atoms with E-state index >= 15 is 0 Å². The number of esters is 1. The highest BCUT2D eigenvalue weighted by Gasteiger charge is 2.34. The Hall–Kier alpha value is -3.25. The molecule has 1 amide bonds. The molecule has 1 saturated carbocycles. The summed E-state index contributed by atoms with van der Waals surface area (Å²) in [4.78, 5) is 28.8. The van der Waals surface area contributed by atoms with Crippen LogP contribution in [0.3, 0.4) is 0 Å². The normalized spacial score (nSPS) is 22.5. The van der Waals surface area contributed by atoms with Crippen LogP contribution in [0.25, 0.3) is 0 Å². The standard InChI is InChI=1S/C27H30F5N3O4.C3H6/c1-16-14-34(7-8-35(16)20-3-5-23(29)22(12-20)26(37)38-2)21-4-6-24(39-15-21)25(36)33-13-17-9-18(27(30,31)32)11-19(28)10-17;1-2-3-1/h3,5,9-12,16,21,24H,4,6-8,13-15H2,1-2H3,(H,33,36);1-3H2. The van der Waals surface area contributed by atoms with Gasteiger partial charge in [-0.2, -0.15) is 13.2 Å². The van der Waals surface area contributed by atoms with E-state index in [4.69, 9.17) is 4.74 Å². The molecule has 0 radical (unpaired) electrons. The van der Waals surface area contributed by atoms with E-state index in [9.17, 15) is 31.5 Å². The van der Waals surface area contributed by atoms with E-state index in [0.29, 0.717) is 45.1 Å². The number of hydrogen-bond donors (Lipinski definition) is 1. The number of carbonyl (C=O) groups is 2. The highest BCUT2D eigenvalue weighted by molar-refractivity contribution is 5.90. The molecule has 5 rings (SSSR count). The minimum atomic E-state index is -4.68. The van der Waals surface area contributed by atoms with E-state index in [-0.39, 0.29) is 29.8 Å². The molecule has 0 bridgehead atoms. The Morgan fingerprint density at radius 3 is 2.38 bits per heavy atom. The second kappa shape index (κ2) is 13.8. The molecule has 230 valence electrons. The number of hydrogen-bond acceptors (Lipinski definition) is 6. The van der Waals surface area contributed by atoms with Crippen molar-refractivity contribution in [1.29, 1.82) is 0 Å². The average molecular weight is 598 g/mol. The second-order valence-corrected chi connectivity index (χ2v) is 10.9. The van der Waals surface area contributed by atoms with Crippen LogP contribution < -0.4 is 10.2 Å². The van der Waals surface area contributed by atoms with E-state index in [1.165, 1.54) is 38.5 Å². The van der Waals surface area contributed by atoms with Gasteiger partial charge in [-0.15, -0.1) is 0 Å². The van der Waals surface area contributed by atoms with Crippen molar-refractivity contribution in [3.05, 3.63) is 64.7 Å². The number of ether oxygens (including phenoxy) is 2. The molecule has 2 aliphatic heterocycles. The highest BCUT2D eigenvalue weighted by atomic mass is 19.4. The van der Waals surface area contributed by atoms with Crippen molar-refractivity contribution in [2.24, 2.45) is 0 Å². The zero-order valence-corrected chi connectivity index (χ0v) is 23.7. The van der Waals surface area contributed by atoms with Crippen LogP contribution in [0.15, 0.2) is 36.4 Å². The summed E-state index contributed by atoms with van der Waals surface area (Å²) in [5, 5.41) is 2.54. The molecule has 0 spiro atoms. The van der Waals surface area contributed by atoms with Crippen molar-refractivity contribution in [2.45, 2.75) is 69.9 Å². The first-order valence-corrected chi connectivity index (χ1v) is 14.1. The Morgan fingerprint density at radius 1 is 1.05 bits per heavy atom. The lowest BCUT2D eigenvalue weighted by atomic mass is 10.0. The molecule has 2 heterocycles. The SMILES string of the molecule is C1CC1.COC(=O)c1cc(N2CCN(C3CCC(C(=O)NCc4cc(F)cc(C(F)(F)F)c4)OC3)CC2C)ccc1F. The lowest BCUT2D eigenvalue weighted by molar-refractivity contribution is -0.138. The maximum Gasteiger partial charge on any atom is 0.416 e. The third-order valence-electron chi connectivity index (χ3n) is 7.51. The van der Waals surface area contributed by atoms with Crippen LogP contribution in [-0.2, 0) is 27.0 Å². The lowest BCUT2D eigenvalue weighted by Crippen LogP contribution is -2.57. The summed E-state index contributed by atoms with van der Waals surface area (Å²) in [7, 11) is 1.20. The quantitative estimate of drug-likeness (QED) is 0.360. The molecule has 1 N–H and O–H groups in total. The van der Waals surface area contributed by atoms with Gasteiger partial charge in [0.2, 0.25) is 5.91 Å². The van der Waals surface area contributed by atoms with Crippen LogP contribution >= 0.6 is 0 Å². The Kier molecular flexibility index (Phi) is 10.4. The Balaban J connectivity index is 0.00000127. The van der Waals surface area contributed by atoms with Crippen molar-refractivity contribution in [3.63, 3.8) is 0 Å². The number of nitrogens with zero attached hydrogens (tertiary/aromatic N) is 2. The molecule has 12 heteroatoms. The lowest BCUT2D eigenvalue weighted by Gasteiger charge is -2.45. The smallest absolute Gasteiger partial charge is 0.416 e. The summed E-state index contributed by atoms with van der Waals surface area (Å²) in [6, 6.07) is 6.70. The summed E-state index contributed by atoms with van der Waals surface area (Å²) in [5.74, 6) is -2.86. The average Bonchev–Trinajstić information content (AvgIpc) is 3.85. The molecular formula is C30H36F5N3O4. The fourth-order valence-corrected chi connectivity index (χ4v) is 5.11. The molecule has 2 aromatic rings. The molecule has 3 fully saturated rings. The summed E-state index contributed by atoms with van der Waals surface area (Å²) < 4.78 is 76.9. The minimum Gasteiger partial charge on any atom is -0.465 e. The number of nitrogens with one attached hydrogen (secondary N) is 1. The monoisotopic (exact) mass is 597 g/mol. The molecule has 42 heavy (non-hydrogen) atoms. The number of carbonyl (C=O) groups excluding carboxylic acids is 2. The van der Waals surface area contributed by atoms with E-state index in [1.807, 2.05) is 6.92 Å². The molecule has 2 aromatic carbocycles. The number of methoxy groups -OCH3 is 1. The molecule has 0 aromatic heterocycles. The van der Waals surface area contributed by atoms with E-state index < -0.39 is 41.4 Å². The predicted octanol–water partition coefficient (Wildman–Crippen LogP) is 5.32. The number of anilines is 1. The molecule has 3 atom stereocenters. The zero-order chi connectivity index (χ0) is 30.4. The summed E-state index contributed by atoms with van der Waals surface area (Å²) in [6.07, 6.45) is 0.191. The Labute approximate surface area is 241 Å². The number of benzene rings is 2. The van der Waals surface area contributed by atoms with E-state index in [0.717, 1.165) is 17.8 Å². The van der Waals surface area contributed by atoms with E-state index in [1.54, 1.807) is 6.07 Å². The fraction of sp³-hybridized carbons (Fsp3) is 0.533. The topological polar surface area (TPSA) is 71.1 Å². The zero-order valence-electron chi connectivity index (χ0n) is 23.7. The number of rotatable bonds is 6. The van der Waals surface area contributed by atoms with Gasteiger partial charge in [0.05, 0.1) is 24.8 Å². The largest absolute Gasteiger partial charge is 0.465 e. The van der Waals surface area contributed by atoms with Crippen LogP contribution in [0.5, 0.6) is 0 Å². The first kappa shape index (κ1) is 31.7. The molecular weight excluding hydrogens is 561 g/mol. The van der Waals surface area contributed by atoms with Crippen molar-refractivity contribution in [1.82, 2.24) is 10.2 Å². The van der Waals surface area contributed by atoms with Gasteiger partial charge in [-0.1, -0.05) is 19.3 Å². The third-order valence-corrected chi connectivity index (χ3v) is 7.51. The van der Waals surface area contributed by atoms with Crippen molar-refractivity contribution in [2.75, 3.05) is 38.3 Å². The van der Waals surface area contributed by atoms with Crippen molar-refractivity contribution >= 4 is 17.6 Å². The molecule has 2 saturated heterocycles. The first-order valence-electron chi connectivity index (χ1n) is 14.1. The summed E-state index contributed by atoms with van der Waals surface area (Å²) >= 11 is 0. The summed E-state index contributed by atoms with van der Waals surface area (Å²) in [5.41, 5.74) is -0.494. The van der Waals surface area contributed by atoms with Gasteiger partial charge in [0.1, 0.15) is 17.7 Å². The fourth-order valence-electron chi connectivity index (χ4n) is 5.11. The highest BCUT2D eigenvalue weighted by Crippen LogP contribution is 2.31. The molecule has 3 aliphatic rings. The maximum atomic E-state index is 14.0. The number of halogens is 5. The summed E-state index contributed by atoms with van der Waals surface area (Å²) in [6.45, 7) is 4.12. The van der Waals surface area contributed by atoms with E-state index in [2.05, 4.69) is 19.9 Å². The van der Waals surface area contributed by atoms with Gasteiger partial charge in [-0.25, -0.2) is 13.6 Å². The van der Waals surface area contributed by atoms with Crippen LogP contribution in [0, 0.1) is 11.6 Å². The van der Waals surface area contributed by atoms with Gasteiger partial charge in [-0.05, 0) is 61.7 Å². The molecule has 1 aliphatic carbocycles. The Morgan fingerprint density at radius 2 is 1.79 bits per heavy atom. The van der Waals surface area contributed by atoms with Crippen LogP contribution in [0.1, 0.15) is 60.5 Å². The maximum absolute atomic E-state index is 14.0. The van der Waals surface area contributed by atoms with Gasteiger partial charge < -0.3 is 19.7 Å². The van der Waals surface area contributed by atoms with Crippen molar-refractivity contribution in [3.8, 4) is 0 Å². The first-order chi connectivity index (χ1) is 20.0. The van der Waals surface area contributed by atoms with Gasteiger partial charge in [-0.3, -0.25) is 9.69 Å². The number of alkyl halides is 3. The molecule has 3 unspecified atom stereocenters. The van der Waals surface area contributed by atoms with Gasteiger partial charge in [0, 0.05) is 44.0 Å². The second-order valence-electron chi connectivity index (χ2n) is 10.9. The van der Waals surface area contributed by atoms with Gasteiger partial charge in [0.15, 0.2) is 0 Å². The third kappa shape index (κ3) is 8.41. The number of amides is 1. The van der Waals surface area contributed by atoms with Crippen molar-refractivity contribution < 1.29 is 41.0 Å². The Bertz CT molecular complexity index is 1250. The van der Waals surface area contributed by atoms with Crippen LogP contribution in [0.4, 0.5) is 27.6 Å². The minimum absolute atomic E-state index is 0.0103. The van der Waals surface area contributed by atoms with Crippen LogP contribution in [-0.4, -0.2) is 68.3 Å². The molecule has 7 nitrogen and oxygen atoms in total. The van der Waals surface area contributed by atoms with Gasteiger partial charge in [0.25, 0.3) is 0 Å². The predicted molar refractivity (Wildman–Crippen MR) is 146 cm³/mol. The van der Waals surface area contributed by atoms with Gasteiger partial charge >= 0.3 is 12.1 Å². The van der Waals surface area contributed by atoms with Crippen LogP contribution in [0.2, 0.25) is 0 Å². The number of piperazine rings is 1.